The van der Waals surface area contributed by atoms with Crippen molar-refractivity contribution in [3.8, 4) is 5.69 Å². The number of hydrogen-bond donors (Lipinski definition) is 2. The number of nitrogens with zero attached hydrogens (tertiary/aromatic N) is 3. The number of nitrogens with two attached hydrogens (primary N) is 1. The molecule has 37 heavy (non-hydrogen) atoms. The Balaban J connectivity index is 1.69. The van der Waals surface area contributed by atoms with Crippen molar-refractivity contribution in [3.05, 3.63) is 100 Å². The van der Waals surface area contributed by atoms with Crippen molar-refractivity contribution in [2.45, 2.75) is 53.0 Å². The Kier molecular flexibility index (Phi) is 8.19. The maximum absolute atomic E-state index is 13.9. The summed E-state index contributed by atoms with van der Waals surface area (Å²) in [7, 11) is 0. The molecule has 0 saturated carbocycles. The Morgan fingerprint density at radius 1 is 1.05 bits per heavy atom. The fourth-order valence-electron chi connectivity index (χ4n) is 4.49. The normalized spacial score (nSPS) is 11.1. The molecule has 0 saturated heterocycles. The number of carbonyl (C=O) groups is 1. The number of benzene rings is 3. The quantitative estimate of drug-likeness (QED) is 0.237. The van der Waals surface area contributed by atoms with E-state index >= 15 is 0 Å². The van der Waals surface area contributed by atoms with E-state index in [-0.39, 0.29) is 6.03 Å². The Labute approximate surface area is 224 Å². The molecule has 1 heterocycles. The van der Waals surface area contributed by atoms with Gasteiger partial charge in [0.1, 0.15) is 0 Å². The number of nitrogen functional groups attached to an aromatic ring is 1. The maximum Gasteiger partial charge on any atom is 0.326 e. The maximum atomic E-state index is 13.9. The molecule has 0 aliphatic rings. The minimum absolute atomic E-state index is 0.237. The van der Waals surface area contributed by atoms with Crippen molar-refractivity contribution in [2.24, 2.45) is 0 Å². The van der Waals surface area contributed by atoms with Crippen molar-refractivity contribution >= 4 is 34.7 Å². The average molecular weight is 516 g/mol. The molecule has 192 valence electrons. The molecule has 7 heteroatoms. The smallest absolute Gasteiger partial charge is 0.326 e. The van der Waals surface area contributed by atoms with Gasteiger partial charge in [0.25, 0.3) is 0 Å². The highest BCUT2D eigenvalue weighted by atomic mass is 35.5. The van der Waals surface area contributed by atoms with E-state index in [1.165, 1.54) is 5.56 Å². The van der Waals surface area contributed by atoms with Crippen LogP contribution in [-0.4, -0.2) is 15.8 Å². The number of anilines is 3. The summed E-state index contributed by atoms with van der Waals surface area (Å²) >= 11 is 6.53. The molecule has 0 bridgehead atoms. The molecular formula is C30H34ClN5O. The second-order valence-electron chi connectivity index (χ2n) is 9.37. The third-order valence-electron chi connectivity index (χ3n) is 6.62. The summed E-state index contributed by atoms with van der Waals surface area (Å²) in [5.74, 6) is 0.403. The SMILES string of the molecule is CCc1c(N)cc(Cl)c(CC)c1NC(=O)N(Cc1ccc(-n2cccn2)cc1)c1ccc(C(C)C)cc1. The number of carbonyl (C=O) groups excluding carboxylic acids is 1. The molecule has 0 unspecified atom stereocenters. The minimum Gasteiger partial charge on any atom is -0.398 e. The lowest BCUT2D eigenvalue weighted by Crippen LogP contribution is -2.35. The summed E-state index contributed by atoms with van der Waals surface area (Å²) in [6, 6.07) is 19.6. The molecule has 0 spiro atoms. The van der Waals surface area contributed by atoms with Gasteiger partial charge in [0, 0.05) is 28.8 Å². The van der Waals surface area contributed by atoms with Crippen LogP contribution in [-0.2, 0) is 19.4 Å². The van der Waals surface area contributed by atoms with Crippen LogP contribution in [0.2, 0.25) is 5.02 Å². The minimum atomic E-state index is -0.237. The van der Waals surface area contributed by atoms with E-state index < -0.39 is 0 Å². The van der Waals surface area contributed by atoms with Crippen LogP contribution in [0, 0.1) is 0 Å². The Morgan fingerprint density at radius 2 is 1.73 bits per heavy atom. The molecule has 0 aliphatic heterocycles. The molecule has 0 fully saturated rings. The van der Waals surface area contributed by atoms with Crippen LogP contribution in [0.3, 0.4) is 0 Å². The number of nitrogens with one attached hydrogen (secondary N) is 1. The summed E-state index contributed by atoms with van der Waals surface area (Å²) in [5, 5.41) is 8.02. The van der Waals surface area contributed by atoms with Crippen LogP contribution in [0.4, 0.5) is 21.9 Å². The summed E-state index contributed by atoms with van der Waals surface area (Å²) in [4.78, 5) is 15.6. The third-order valence-corrected chi connectivity index (χ3v) is 6.96. The summed E-state index contributed by atoms with van der Waals surface area (Å²) < 4.78 is 1.81. The number of rotatable bonds is 8. The van der Waals surface area contributed by atoms with Crippen molar-refractivity contribution in [1.29, 1.82) is 0 Å². The van der Waals surface area contributed by atoms with Gasteiger partial charge in [0.15, 0.2) is 0 Å². The zero-order chi connectivity index (χ0) is 26.5. The Bertz CT molecular complexity index is 1320. The number of halogens is 1. The van der Waals surface area contributed by atoms with Crippen LogP contribution in [0.15, 0.2) is 73.1 Å². The first-order valence-electron chi connectivity index (χ1n) is 12.7. The molecular weight excluding hydrogens is 482 g/mol. The number of hydrogen-bond acceptors (Lipinski definition) is 3. The van der Waals surface area contributed by atoms with E-state index in [4.69, 9.17) is 17.3 Å². The van der Waals surface area contributed by atoms with Crippen molar-refractivity contribution in [2.75, 3.05) is 16.0 Å². The van der Waals surface area contributed by atoms with E-state index in [1.54, 1.807) is 21.8 Å². The molecule has 0 radical (unpaired) electrons. The fraction of sp³-hybridized carbons (Fsp3) is 0.267. The topological polar surface area (TPSA) is 76.2 Å². The lowest BCUT2D eigenvalue weighted by molar-refractivity contribution is 0.256. The largest absolute Gasteiger partial charge is 0.398 e. The molecule has 4 rings (SSSR count). The highest BCUT2D eigenvalue weighted by Gasteiger charge is 2.21. The fourth-order valence-corrected chi connectivity index (χ4v) is 4.83. The number of aromatic nitrogens is 2. The second-order valence-corrected chi connectivity index (χ2v) is 9.77. The van der Waals surface area contributed by atoms with Gasteiger partial charge >= 0.3 is 6.03 Å². The van der Waals surface area contributed by atoms with E-state index in [9.17, 15) is 4.79 Å². The van der Waals surface area contributed by atoms with Crippen molar-refractivity contribution in [1.82, 2.24) is 9.78 Å². The first-order valence-corrected chi connectivity index (χ1v) is 13.1. The predicted octanol–water partition coefficient (Wildman–Crippen LogP) is 7.59. The van der Waals surface area contributed by atoms with Crippen molar-refractivity contribution in [3.63, 3.8) is 0 Å². The van der Waals surface area contributed by atoms with Gasteiger partial charge in [-0.3, -0.25) is 4.90 Å². The van der Waals surface area contributed by atoms with E-state index in [1.807, 2.05) is 62.5 Å². The first kappa shape index (κ1) is 26.3. The number of amides is 2. The monoisotopic (exact) mass is 515 g/mol. The third kappa shape index (κ3) is 5.81. The van der Waals surface area contributed by atoms with Gasteiger partial charge in [-0.2, -0.15) is 5.10 Å². The molecule has 2 amide bonds. The van der Waals surface area contributed by atoms with Crippen LogP contribution in [0.25, 0.3) is 5.69 Å². The zero-order valence-electron chi connectivity index (χ0n) is 21.8. The van der Waals surface area contributed by atoms with Gasteiger partial charge in [-0.05, 0) is 77.4 Å². The van der Waals surface area contributed by atoms with Crippen LogP contribution >= 0.6 is 11.6 Å². The Hall–Kier alpha value is -3.77. The standard InChI is InChI=1S/C30H34ClN5O/c1-5-25-27(31)18-28(32)26(6-2)29(25)34-30(37)35(23-14-10-22(11-15-23)20(3)4)19-21-8-12-24(13-9-21)36-17-7-16-33-36/h7-18,20H,5-6,19,32H2,1-4H3,(H,34,37). The van der Waals surface area contributed by atoms with Gasteiger partial charge in [0.05, 0.1) is 17.9 Å². The predicted molar refractivity (Wildman–Crippen MR) is 154 cm³/mol. The van der Waals surface area contributed by atoms with Gasteiger partial charge in [0.2, 0.25) is 0 Å². The average Bonchev–Trinajstić information content (AvgIpc) is 3.43. The highest BCUT2D eigenvalue weighted by Crippen LogP contribution is 2.35. The Morgan fingerprint density at radius 3 is 2.30 bits per heavy atom. The molecule has 6 nitrogen and oxygen atoms in total. The molecule has 0 atom stereocenters. The van der Waals surface area contributed by atoms with Crippen molar-refractivity contribution < 1.29 is 4.79 Å². The molecule has 0 aliphatic carbocycles. The van der Waals surface area contributed by atoms with E-state index in [0.717, 1.165) is 28.1 Å². The van der Waals surface area contributed by atoms with Gasteiger partial charge in [-0.25, -0.2) is 9.48 Å². The van der Waals surface area contributed by atoms with Gasteiger partial charge < -0.3 is 11.1 Å². The first-order chi connectivity index (χ1) is 17.8. The van der Waals surface area contributed by atoms with Gasteiger partial charge in [-0.1, -0.05) is 63.6 Å². The second kappa shape index (κ2) is 11.5. The van der Waals surface area contributed by atoms with E-state index in [0.29, 0.717) is 41.7 Å². The van der Waals surface area contributed by atoms with Crippen LogP contribution in [0.1, 0.15) is 55.9 Å². The highest BCUT2D eigenvalue weighted by molar-refractivity contribution is 6.32. The lowest BCUT2D eigenvalue weighted by atomic mass is 10.0. The molecule has 3 N–H and O–H groups in total. The molecule has 4 aromatic rings. The summed E-state index contributed by atoms with van der Waals surface area (Å²) in [6.45, 7) is 8.75. The van der Waals surface area contributed by atoms with Gasteiger partial charge in [-0.15, -0.1) is 0 Å². The zero-order valence-corrected chi connectivity index (χ0v) is 22.6. The lowest BCUT2D eigenvalue weighted by Gasteiger charge is -2.26. The molecule has 3 aromatic carbocycles. The van der Waals surface area contributed by atoms with E-state index in [2.05, 4.69) is 36.4 Å². The molecule has 1 aromatic heterocycles. The summed E-state index contributed by atoms with van der Waals surface area (Å²) in [5.41, 5.74) is 13.3. The van der Waals surface area contributed by atoms with Crippen LogP contribution in [0.5, 0.6) is 0 Å². The number of urea groups is 1. The van der Waals surface area contributed by atoms with Crippen LogP contribution < -0.4 is 16.0 Å². The summed E-state index contributed by atoms with van der Waals surface area (Å²) in [6.07, 6.45) is 5.01.